The van der Waals surface area contributed by atoms with Gasteiger partial charge in [0.1, 0.15) is 5.69 Å². The number of nitrogens with zero attached hydrogens (tertiary/aromatic N) is 2. The van der Waals surface area contributed by atoms with Crippen molar-refractivity contribution in [3.63, 3.8) is 0 Å². The number of benzene rings is 1. The smallest absolute Gasteiger partial charge is 0.271 e. The fourth-order valence-electron chi connectivity index (χ4n) is 2.74. The molecule has 3 N–H and O–H groups in total. The molecule has 0 spiro atoms. The molecule has 0 aliphatic carbocycles. The molecule has 2 amide bonds. The Bertz CT molecular complexity index is 718. The fourth-order valence-corrected chi connectivity index (χ4v) is 3.00. The van der Waals surface area contributed by atoms with Crippen LogP contribution in [0.1, 0.15) is 23.3 Å². The average Bonchev–Trinajstić information content (AvgIpc) is 3.05. The lowest BCUT2D eigenvalue weighted by Gasteiger charge is -2.30. The molecule has 0 bridgehead atoms. The molecule has 3 rings (SSSR count). The third kappa shape index (κ3) is 3.44. The molecule has 1 aliphatic rings. The van der Waals surface area contributed by atoms with Crippen molar-refractivity contribution < 1.29 is 9.59 Å². The number of piperidine rings is 1. The van der Waals surface area contributed by atoms with Crippen LogP contribution in [0.25, 0.3) is 11.3 Å². The average molecular weight is 377 g/mol. The SMILES string of the molecule is NC(=O)C1CCN(C(=O)c2cc(-c3ccc(Br)cc3)n[nH]2)CC1. The number of carbonyl (C=O) groups excluding carboxylic acids is 2. The molecule has 0 saturated carbocycles. The molecule has 0 atom stereocenters. The van der Waals surface area contributed by atoms with Gasteiger partial charge in [-0.05, 0) is 31.0 Å². The van der Waals surface area contributed by atoms with E-state index in [-0.39, 0.29) is 17.7 Å². The maximum Gasteiger partial charge on any atom is 0.271 e. The van der Waals surface area contributed by atoms with Crippen molar-refractivity contribution in [3.05, 3.63) is 40.5 Å². The molecule has 120 valence electrons. The van der Waals surface area contributed by atoms with Gasteiger partial charge in [-0.1, -0.05) is 28.1 Å². The summed E-state index contributed by atoms with van der Waals surface area (Å²) in [6.45, 7) is 1.08. The van der Waals surface area contributed by atoms with E-state index < -0.39 is 0 Å². The lowest BCUT2D eigenvalue weighted by molar-refractivity contribution is -0.123. The number of rotatable bonds is 3. The number of primary amides is 1. The van der Waals surface area contributed by atoms with Crippen LogP contribution < -0.4 is 5.73 Å². The second-order valence-corrected chi connectivity index (χ2v) is 6.56. The van der Waals surface area contributed by atoms with Gasteiger partial charge < -0.3 is 10.6 Å². The van der Waals surface area contributed by atoms with E-state index in [0.717, 1.165) is 15.7 Å². The Kier molecular flexibility index (Phi) is 4.47. The van der Waals surface area contributed by atoms with Crippen molar-refractivity contribution in [3.8, 4) is 11.3 Å². The zero-order chi connectivity index (χ0) is 16.4. The summed E-state index contributed by atoms with van der Waals surface area (Å²) in [7, 11) is 0. The van der Waals surface area contributed by atoms with Gasteiger partial charge in [0.25, 0.3) is 5.91 Å². The Labute approximate surface area is 142 Å². The molecule has 1 saturated heterocycles. The molecular weight excluding hydrogens is 360 g/mol. The van der Waals surface area contributed by atoms with Gasteiger partial charge in [-0.3, -0.25) is 14.7 Å². The lowest BCUT2D eigenvalue weighted by atomic mass is 9.96. The van der Waals surface area contributed by atoms with Crippen molar-refractivity contribution >= 4 is 27.7 Å². The van der Waals surface area contributed by atoms with E-state index in [0.29, 0.717) is 31.6 Å². The summed E-state index contributed by atoms with van der Waals surface area (Å²) in [5.74, 6) is -0.501. The van der Waals surface area contributed by atoms with E-state index in [1.54, 1.807) is 11.0 Å². The highest BCUT2D eigenvalue weighted by Crippen LogP contribution is 2.22. The molecule has 0 radical (unpaired) electrons. The quantitative estimate of drug-likeness (QED) is 0.859. The van der Waals surface area contributed by atoms with Gasteiger partial charge in [0.2, 0.25) is 5.91 Å². The monoisotopic (exact) mass is 376 g/mol. The largest absolute Gasteiger partial charge is 0.369 e. The summed E-state index contributed by atoms with van der Waals surface area (Å²) in [4.78, 5) is 25.4. The predicted molar refractivity (Wildman–Crippen MR) is 89.5 cm³/mol. The zero-order valence-electron chi connectivity index (χ0n) is 12.5. The summed E-state index contributed by atoms with van der Waals surface area (Å²) < 4.78 is 0.991. The van der Waals surface area contributed by atoms with Gasteiger partial charge in [0.05, 0.1) is 5.69 Å². The summed E-state index contributed by atoms with van der Waals surface area (Å²) in [6.07, 6.45) is 1.24. The lowest BCUT2D eigenvalue weighted by Crippen LogP contribution is -2.41. The summed E-state index contributed by atoms with van der Waals surface area (Å²) in [6, 6.07) is 9.49. The normalized spacial score (nSPS) is 15.6. The molecule has 1 fully saturated rings. The second kappa shape index (κ2) is 6.54. The minimum Gasteiger partial charge on any atom is -0.369 e. The van der Waals surface area contributed by atoms with Crippen molar-refractivity contribution in [1.29, 1.82) is 0 Å². The minimum absolute atomic E-state index is 0.0937. The minimum atomic E-state index is -0.281. The summed E-state index contributed by atoms with van der Waals surface area (Å²) in [5, 5.41) is 7.02. The van der Waals surface area contributed by atoms with Crippen molar-refractivity contribution in [2.24, 2.45) is 11.7 Å². The predicted octanol–water partition coefficient (Wildman–Crippen LogP) is 2.18. The molecule has 7 heteroatoms. The maximum atomic E-state index is 12.5. The van der Waals surface area contributed by atoms with Gasteiger partial charge >= 0.3 is 0 Å². The van der Waals surface area contributed by atoms with Crippen LogP contribution in [0.15, 0.2) is 34.8 Å². The molecule has 1 aromatic heterocycles. The first-order valence-corrected chi connectivity index (χ1v) is 8.24. The highest BCUT2D eigenvalue weighted by Gasteiger charge is 2.27. The highest BCUT2D eigenvalue weighted by molar-refractivity contribution is 9.10. The Morgan fingerprint density at radius 1 is 1.22 bits per heavy atom. The first kappa shape index (κ1) is 15.7. The van der Waals surface area contributed by atoms with Gasteiger partial charge in [-0.15, -0.1) is 0 Å². The van der Waals surface area contributed by atoms with Crippen LogP contribution in [0, 0.1) is 5.92 Å². The molecule has 23 heavy (non-hydrogen) atoms. The molecule has 2 aromatic rings. The van der Waals surface area contributed by atoms with E-state index in [4.69, 9.17) is 5.73 Å². The van der Waals surface area contributed by atoms with Crippen LogP contribution in [0.3, 0.4) is 0 Å². The molecule has 0 unspecified atom stereocenters. The number of hydrogen-bond acceptors (Lipinski definition) is 3. The van der Waals surface area contributed by atoms with E-state index in [2.05, 4.69) is 26.1 Å². The van der Waals surface area contributed by atoms with E-state index in [9.17, 15) is 9.59 Å². The van der Waals surface area contributed by atoms with Gasteiger partial charge in [0.15, 0.2) is 0 Å². The van der Waals surface area contributed by atoms with Crippen LogP contribution in [-0.2, 0) is 4.79 Å². The molecule has 1 aliphatic heterocycles. The van der Waals surface area contributed by atoms with Crippen LogP contribution in [0.4, 0.5) is 0 Å². The zero-order valence-corrected chi connectivity index (χ0v) is 14.0. The number of aromatic nitrogens is 2. The molecule has 6 nitrogen and oxygen atoms in total. The van der Waals surface area contributed by atoms with Gasteiger partial charge in [0, 0.05) is 29.0 Å². The van der Waals surface area contributed by atoms with Crippen molar-refractivity contribution in [2.45, 2.75) is 12.8 Å². The third-order valence-corrected chi connectivity index (χ3v) is 4.66. The second-order valence-electron chi connectivity index (χ2n) is 5.64. The van der Waals surface area contributed by atoms with Gasteiger partial charge in [-0.2, -0.15) is 5.10 Å². The highest BCUT2D eigenvalue weighted by atomic mass is 79.9. The first-order valence-electron chi connectivity index (χ1n) is 7.44. The van der Waals surface area contributed by atoms with E-state index in [1.165, 1.54) is 0 Å². The van der Waals surface area contributed by atoms with Crippen LogP contribution in [0.2, 0.25) is 0 Å². The third-order valence-electron chi connectivity index (χ3n) is 4.13. The summed E-state index contributed by atoms with van der Waals surface area (Å²) >= 11 is 3.39. The number of halogens is 1. The van der Waals surface area contributed by atoms with Crippen LogP contribution in [-0.4, -0.2) is 40.0 Å². The number of nitrogens with two attached hydrogens (primary N) is 1. The Morgan fingerprint density at radius 3 is 2.48 bits per heavy atom. The Hall–Kier alpha value is -2.15. The number of hydrogen-bond donors (Lipinski definition) is 2. The van der Waals surface area contributed by atoms with E-state index in [1.807, 2.05) is 24.3 Å². The van der Waals surface area contributed by atoms with Crippen LogP contribution >= 0.6 is 15.9 Å². The number of likely N-dealkylation sites (tertiary alicyclic amines) is 1. The Morgan fingerprint density at radius 2 is 1.87 bits per heavy atom. The molecule has 2 heterocycles. The van der Waals surface area contributed by atoms with Crippen LogP contribution in [0.5, 0.6) is 0 Å². The number of H-pyrrole nitrogens is 1. The number of aromatic amines is 1. The molecule has 1 aromatic carbocycles. The first-order chi connectivity index (χ1) is 11.0. The topological polar surface area (TPSA) is 92.1 Å². The standard InChI is InChI=1S/C16H17BrN4O2/c17-12-3-1-10(2-4-12)13-9-14(20-19-13)16(23)21-7-5-11(6-8-21)15(18)22/h1-4,9,11H,5-8H2,(H2,18,22)(H,19,20). The van der Waals surface area contributed by atoms with Crippen molar-refractivity contribution in [2.75, 3.05) is 13.1 Å². The summed E-state index contributed by atoms with van der Waals surface area (Å²) in [5.41, 5.74) is 7.45. The van der Waals surface area contributed by atoms with Crippen molar-refractivity contribution in [1.82, 2.24) is 15.1 Å². The molecular formula is C16H17BrN4O2. The van der Waals surface area contributed by atoms with E-state index >= 15 is 0 Å². The number of amides is 2. The van der Waals surface area contributed by atoms with Gasteiger partial charge in [-0.25, -0.2) is 0 Å². The maximum absolute atomic E-state index is 12.5. The number of nitrogens with one attached hydrogen (secondary N) is 1. The fraction of sp³-hybridized carbons (Fsp3) is 0.312. The Balaban J connectivity index is 1.69. The number of carbonyl (C=O) groups is 2.